The summed E-state index contributed by atoms with van der Waals surface area (Å²) in [5.41, 5.74) is 3.73. The molecule has 1 spiro atoms. The minimum atomic E-state index is -3.52. The van der Waals surface area contributed by atoms with E-state index in [0.717, 1.165) is 46.2 Å². The van der Waals surface area contributed by atoms with Crippen molar-refractivity contribution in [1.29, 1.82) is 0 Å². The minimum Gasteiger partial charge on any atom is -0.476 e. The van der Waals surface area contributed by atoms with E-state index in [4.69, 9.17) is 9.47 Å². The highest BCUT2D eigenvalue weighted by atomic mass is 32.2. The highest BCUT2D eigenvalue weighted by molar-refractivity contribution is 7.93. The number of rotatable bonds is 9. The van der Waals surface area contributed by atoms with E-state index in [-0.39, 0.29) is 17.0 Å². The Labute approximate surface area is 222 Å². The molecule has 38 heavy (non-hydrogen) atoms. The normalized spacial score (nSPS) is 18.2. The second kappa shape index (κ2) is 9.18. The van der Waals surface area contributed by atoms with Gasteiger partial charge in [0.1, 0.15) is 11.1 Å². The largest absolute Gasteiger partial charge is 0.476 e. The molecule has 200 valence electrons. The first-order chi connectivity index (χ1) is 18.2. The maximum absolute atomic E-state index is 13.1. The number of aromatic nitrogens is 2. The number of amides is 1. The standard InChI is InChI=1S/C27H31N5O5S/c1-31(2)9-4-10-37-25-22(30-38(34,35)19-6-7-19)12-18(13-29-25)17-5-8-21-20(11-17)24-23(14-28-21)32(3)26(33)27(24)15-36-16-27/h5,8,11-14,19,30H,4,6-7,9-10,15-16H2,1-3H3. The van der Waals surface area contributed by atoms with Crippen LogP contribution in [0.2, 0.25) is 0 Å². The number of nitrogens with zero attached hydrogens (tertiary/aromatic N) is 4. The number of nitrogens with one attached hydrogen (secondary N) is 1. The number of benzene rings is 1. The number of likely N-dealkylation sites (N-methyl/N-ethyl adjacent to an activating group) is 1. The molecule has 0 unspecified atom stereocenters. The Kier molecular flexibility index (Phi) is 6.04. The maximum atomic E-state index is 13.1. The molecule has 6 rings (SSSR count). The molecule has 2 aromatic heterocycles. The van der Waals surface area contributed by atoms with Crippen LogP contribution in [0.4, 0.5) is 11.4 Å². The summed E-state index contributed by atoms with van der Waals surface area (Å²) in [4.78, 5) is 25.9. The molecular formula is C27H31N5O5S. The van der Waals surface area contributed by atoms with Gasteiger partial charge < -0.3 is 19.3 Å². The molecule has 4 heterocycles. The Morgan fingerprint density at radius 2 is 1.95 bits per heavy atom. The third-order valence-electron chi connectivity index (χ3n) is 7.49. The van der Waals surface area contributed by atoms with Crippen LogP contribution in [0.1, 0.15) is 24.8 Å². The summed E-state index contributed by atoms with van der Waals surface area (Å²) in [6.45, 7) is 1.96. The van der Waals surface area contributed by atoms with Crippen molar-refractivity contribution in [2.45, 2.75) is 29.9 Å². The number of ether oxygens (including phenoxy) is 2. The van der Waals surface area contributed by atoms with Crippen molar-refractivity contribution in [2.24, 2.45) is 0 Å². The van der Waals surface area contributed by atoms with Crippen molar-refractivity contribution in [3.05, 3.63) is 42.2 Å². The molecule has 1 saturated heterocycles. The van der Waals surface area contributed by atoms with Gasteiger partial charge in [0, 0.05) is 36.3 Å². The minimum absolute atomic E-state index is 0.0210. The molecule has 1 saturated carbocycles. The van der Waals surface area contributed by atoms with Gasteiger partial charge in [-0.25, -0.2) is 13.4 Å². The predicted octanol–water partition coefficient (Wildman–Crippen LogP) is 2.78. The third kappa shape index (κ3) is 4.18. The summed E-state index contributed by atoms with van der Waals surface area (Å²) in [5, 5.41) is 0.502. The zero-order chi connectivity index (χ0) is 26.7. The van der Waals surface area contributed by atoms with Gasteiger partial charge in [0.2, 0.25) is 21.8 Å². The number of fused-ring (bicyclic) bond motifs is 4. The SMILES string of the molecule is CN(C)CCCOc1ncc(-c2ccc3ncc4c(c3c2)C2(COC2)C(=O)N4C)cc1NS(=O)(=O)C1CC1. The van der Waals surface area contributed by atoms with E-state index < -0.39 is 15.4 Å². The average Bonchev–Trinajstić information content (AvgIpc) is 3.69. The van der Waals surface area contributed by atoms with Gasteiger partial charge in [0.15, 0.2) is 0 Å². The summed E-state index contributed by atoms with van der Waals surface area (Å²) in [7, 11) is 2.23. The van der Waals surface area contributed by atoms with Crippen molar-refractivity contribution in [2.75, 3.05) is 57.1 Å². The first-order valence-corrected chi connectivity index (χ1v) is 14.3. The Morgan fingerprint density at radius 3 is 2.63 bits per heavy atom. The van der Waals surface area contributed by atoms with Crippen LogP contribution in [0.15, 0.2) is 36.7 Å². The van der Waals surface area contributed by atoms with Gasteiger partial charge in [-0.15, -0.1) is 0 Å². The fraction of sp³-hybridized carbons (Fsp3) is 0.444. The monoisotopic (exact) mass is 537 g/mol. The van der Waals surface area contributed by atoms with E-state index >= 15 is 0 Å². The quantitative estimate of drug-likeness (QED) is 0.415. The molecule has 1 N–H and O–H groups in total. The molecule has 11 heteroatoms. The van der Waals surface area contributed by atoms with Crippen molar-refractivity contribution >= 4 is 38.2 Å². The lowest BCUT2D eigenvalue weighted by Crippen LogP contribution is -2.53. The van der Waals surface area contributed by atoms with E-state index in [2.05, 4.69) is 19.6 Å². The second-order valence-electron chi connectivity index (χ2n) is 10.6. The lowest BCUT2D eigenvalue weighted by Gasteiger charge is -2.36. The van der Waals surface area contributed by atoms with Crippen LogP contribution in [-0.4, -0.2) is 82.0 Å². The first-order valence-electron chi connectivity index (χ1n) is 12.8. The van der Waals surface area contributed by atoms with Crippen LogP contribution in [-0.2, 0) is 25.0 Å². The molecule has 0 bridgehead atoms. The van der Waals surface area contributed by atoms with Gasteiger partial charge in [-0.3, -0.25) is 14.5 Å². The molecule has 2 aliphatic heterocycles. The number of carbonyl (C=O) groups excluding carboxylic acids is 1. The summed E-state index contributed by atoms with van der Waals surface area (Å²) < 4.78 is 39.7. The smallest absolute Gasteiger partial charge is 0.242 e. The molecule has 1 amide bonds. The lowest BCUT2D eigenvalue weighted by molar-refractivity contribution is -0.139. The van der Waals surface area contributed by atoms with Crippen molar-refractivity contribution < 1.29 is 22.7 Å². The molecule has 3 aromatic rings. The number of anilines is 2. The summed E-state index contributed by atoms with van der Waals surface area (Å²) >= 11 is 0. The topological polar surface area (TPSA) is 114 Å². The Morgan fingerprint density at radius 1 is 1.16 bits per heavy atom. The van der Waals surface area contributed by atoms with Crippen molar-refractivity contribution in [1.82, 2.24) is 14.9 Å². The summed E-state index contributed by atoms with van der Waals surface area (Å²) in [5.74, 6) is 0.283. The van der Waals surface area contributed by atoms with Crippen LogP contribution in [0.5, 0.6) is 5.88 Å². The summed E-state index contributed by atoms with van der Waals surface area (Å²) in [6.07, 6.45) is 5.53. The fourth-order valence-corrected chi connectivity index (χ4v) is 6.57. The Bertz CT molecular complexity index is 1530. The number of hydrogen-bond donors (Lipinski definition) is 1. The van der Waals surface area contributed by atoms with Crippen LogP contribution in [0, 0.1) is 0 Å². The Balaban J connectivity index is 1.39. The second-order valence-corrected chi connectivity index (χ2v) is 12.6. The highest BCUT2D eigenvalue weighted by Gasteiger charge is 2.56. The van der Waals surface area contributed by atoms with Crippen LogP contribution >= 0.6 is 0 Å². The number of hydrogen-bond acceptors (Lipinski definition) is 8. The molecule has 1 aromatic carbocycles. The predicted molar refractivity (Wildman–Crippen MR) is 145 cm³/mol. The van der Waals surface area contributed by atoms with Gasteiger partial charge in [-0.2, -0.15) is 0 Å². The van der Waals surface area contributed by atoms with E-state index in [1.54, 1.807) is 30.4 Å². The van der Waals surface area contributed by atoms with E-state index in [0.29, 0.717) is 38.3 Å². The number of pyridine rings is 2. The molecule has 0 radical (unpaired) electrons. The average molecular weight is 538 g/mol. The summed E-state index contributed by atoms with van der Waals surface area (Å²) in [6, 6.07) is 7.62. The number of sulfonamides is 1. The van der Waals surface area contributed by atoms with E-state index in [1.807, 2.05) is 32.3 Å². The van der Waals surface area contributed by atoms with Gasteiger partial charge in [-0.1, -0.05) is 6.07 Å². The molecule has 3 aliphatic rings. The zero-order valence-electron chi connectivity index (χ0n) is 21.7. The number of carbonyl (C=O) groups is 1. The molecule has 2 fully saturated rings. The Hall–Kier alpha value is -3.28. The van der Waals surface area contributed by atoms with Gasteiger partial charge in [0.05, 0.1) is 42.5 Å². The van der Waals surface area contributed by atoms with Crippen LogP contribution in [0.25, 0.3) is 22.0 Å². The maximum Gasteiger partial charge on any atom is 0.242 e. The highest BCUT2D eigenvalue weighted by Crippen LogP contribution is 2.49. The van der Waals surface area contributed by atoms with E-state index in [9.17, 15) is 13.2 Å². The molecular weight excluding hydrogens is 506 g/mol. The first kappa shape index (κ1) is 25.0. The molecule has 0 atom stereocenters. The lowest BCUT2D eigenvalue weighted by atomic mass is 9.78. The fourth-order valence-electron chi connectivity index (χ4n) is 5.19. The van der Waals surface area contributed by atoms with Crippen molar-refractivity contribution in [3.8, 4) is 17.0 Å². The molecule has 10 nitrogen and oxygen atoms in total. The van der Waals surface area contributed by atoms with Gasteiger partial charge in [-0.05, 0) is 57.1 Å². The third-order valence-corrected chi connectivity index (χ3v) is 9.34. The van der Waals surface area contributed by atoms with Crippen molar-refractivity contribution in [3.63, 3.8) is 0 Å². The van der Waals surface area contributed by atoms with Crippen LogP contribution < -0.4 is 14.4 Å². The zero-order valence-corrected chi connectivity index (χ0v) is 22.5. The molecule has 1 aliphatic carbocycles. The van der Waals surface area contributed by atoms with Gasteiger partial charge in [0.25, 0.3) is 0 Å². The van der Waals surface area contributed by atoms with Crippen LogP contribution in [0.3, 0.4) is 0 Å². The van der Waals surface area contributed by atoms with E-state index in [1.165, 1.54) is 0 Å². The van der Waals surface area contributed by atoms with Gasteiger partial charge >= 0.3 is 0 Å².